The van der Waals surface area contributed by atoms with Crippen LogP contribution in [0.25, 0.3) is 0 Å². The Bertz CT molecular complexity index is 902. The van der Waals surface area contributed by atoms with E-state index in [2.05, 4.69) is 10.5 Å². The van der Waals surface area contributed by atoms with E-state index in [9.17, 15) is 14.9 Å². The zero-order chi connectivity index (χ0) is 20.6. The van der Waals surface area contributed by atoms with Gasteiger partial charge in [0.2, 0.25) is 0 Å². The molecule has 1 heterocycles. The molecule has 1 saturated heterocycles. The summed E-state index contributed by atoms with van der Waals surface area (Å²) >= 11 is 7.15. The average Bonchev–Trinajstić information content (AvgIpc) is 2.71. The van der Waals surface area contributed by atoms with Crippen LogP contribution in [0.1, 0.15) is 5.56 Å². The first-order chi connectivity index (χ1) is 14.0. The molecule has 1 aliphatic heterocycles. The van der Waals surface area contributed by atoms with Gasteiger partial charge in [-0.15, -0.1) is 0 Å². The third kappa shape index (κ3) is 6.53. The Morgan fingerprint density at radius 2 is 2.00 bits per heavy atom. The Hall–Kier alpha value is -2.46. The molecule has 2 aromatic carbocycles. The summed E-state index contributed by atoms with van der Waals surface area (Å²) in [4.78, 5) is 26.3. The summed E-state index contributed by atoms with van der Waals surface area (Å²) in [6, 6.07) is 11.9. The molecule has 8 nitrogen and oxygen atoms in total. The van der Waals surface area contributed by atoms with Crippen LogP contribution in [0.5, 0.6) is 0 Å². The van der Waals surface area contributed by atoms with Gasteiger partial charge in [0.05, 0.1) is 35.8 Å². The normalized spacial score (nSPS) is 14.8. The molecule has 1 aliphatic rings. The fraction of sp³-hybridized carbons (Fsp3) is 0.263. The monoisotopic (exact) mass is 434 g/mol. The first kappa shape index (κ1) is 21.3. The molecule has 1 amide bonds. The van der Waals surface area contributed by atoms with Crippen LogP contribution in [0.4, 0.5) is 5.69 Å². The van der Waals surface area contributed by atoms with Gasteiger partial charge in [-0.05, 0) is 30.3 Å². The van der Waals surface area contributed by atoms with Crippen molar-refractivity contribution in [1.29, 1.82) is 0 Å². The van der Waals surface area contributed by atoms with Gasteiger partial charge in [-0.2, -0.15) is 5.10 Å². The van der Waals surface area contributed by atoms with E-state index in [1.54, 1.807) is 36.4 Å². The minimum atomic E-state index is -0.438. The highest BCUT2D eigenvalue weighted by Crippen LogP contribution is 2.35. The van der Waals surface area contributed by atoms with E-state index in [0.717, 1.165) is 4.90 Å². The number of nitro benzene ring substituents is 1. The van der Waals surface area contributed by atoms with E-state index >= 15 is 0 Å². The molecule has 10 heteroatoms. The lowest BCUT2D eigenvalue weighted by atomic mass is 10.2. The van der Waals surface area contributed by atoms with E-state index in [-0.39, 0.29) is 18.1 Å². The highest BCUT2D eigenvalue weighted by Gasteiger charge is 2.16. The molecule has 0 spiro atoms. The molecule has 0 radical (unpaired) electrons. The number of halogens is 1. The van der Waals surface area contributed by atoms with Crippen LogP contribution in [0.3, 0.4) is 0 Å². The first-order valence-corrected chi connectivity index (χ1v) is 10.0. The number of carbonyl (C=O) groups is 1. The summed E-state index contributed by atoms with van der Waals surface area (Å²) < 4.78 is 5.24. The summed E-state index contributed by atoms with van der Waals surface area (Å²) in [6.07, 6.45) is 1.39. The van der Waals surface area contributed by atoms with Gasteiger partial charge in [0, 0.05) is 34.6 Å². The number of morpholine rings is 1. The molecule has 0 saturated carbocycles. The summed E-state index contributed by atoms with van der Waals surface area (Å²) in [7, 11) is 0. The van der Waals surface area contributed by atoms with Crippen LogP contribution >= 0.6 is 23.4 Å². The second-order valence-corrected chi connectivity index (χ2v) is 7.77. The Kier molecular flexibility index (Phi) is 7.59. The van der Waals surface area contributed by atoms with Crippen LogP contribution in [0.15, 0.2) is 57.4 Å². The number of nitro groups is 1. The van der Waals surface area contributed by atoms with Crippen molar-refractivity contribution < 1.29 is 14.5 Å². The zero-order valence-electron chi connectivity index (χ0n) is 15.4. The lowest BCUT2D eigenvalue weighted by Crippen LogP contribution is -2.42. The average molecular weight is 435 g/mol. The maximum absolute atomic E-state index is 11.9. The van der Waals surface area contributed by atoms with Crippen molar-refractivity contribution in [3.63, 3.8) is 0 Å². The molecule has 2 aromatic rings. The fourth-order valence-electron chi connectivity index (χ4n) is 2.65. The Morgan fingerprint density at radius 3 is 2.69 bits per heavy atom. The standard InChI is InChI=1S/C19H19ClN4O4S/c20-15-2-4-16(5-3-15)29-18-6-1-14(11-17(18)24(26)27)12-21-22-19(25)13-23-7-9-28-10-8-23/h1-6,11-12H,7-10,13H2,(H,22,25)/b21-12-. The lowest BCUT2D eigenvalue weighted by molar-refractivity contribution is -0.387. The number of rotatable bonds is 7. The van der Waals surface area contributed by atoms with Crippen LogP contribution in [0.2, 0.25) is 5.02 Å². The topological polar surface area (TPSA) is 97.1 Å². The minimum absolute atomic E-state index is 0.0338. The van der Waals surface area contributed by atoms with Crippen LogP contribution < -0.4 is 5.43 Å². The SMILES string of the molecule is O=C(CN1CCOCC1)N/N=C\c1ccc(Sc2ccc(Cl)cc2)c([N+](=O)[O-])c1. The molecule has 0 aromatic heterocycles. The van der Waals surface area contributed by atoms with Crippen LogP contribution in [-0.4, -0.2) is 54.8 Å². The predicted molar refractivity (Wildman–Crippen MR) is 112 cm³/mol. The largest absolute Gasteiger partial charge is 0.379 e. The molecule has 152 valence electrons. The summed E-state index contributed by atoms with van der Waals surface area (Å²) in [5.41, 5.74) is 2.93. The molecular formula is C19H19ClN4O4S. The third-order valence-corrected chi connectivity index (χ3v) is 5.42. The number of nitrogens with zero attached hydrogens (tertiary/aromatic N) is 3. The number of nitrogens with one attached hydrogen (secondary N) is 1. The van der Waals surface area contributed by atoms with Gasteiger partial charge in [0.1, 0.15) is 0 Å². The summed E-state index contributed by atoms with van der Waals surface area (Å²) in [5, 5.41) is 16.0. The van der Waals surface area contributed by atoms with Gasteiger partial charge in [0.15, 0.2) is 0 Å². The molecule has 0 unspecified atom stereocenters. The summed E-state index contributed by atoms with van der Waals surface area (Å²) in [5.74, 6) is -0.243. The van der Waals surface area contributed by atoms with Crippen molar-refractivity contribution in [1.82, 2.24) is 10.3 Å². The first-order valence-electron chi connectivity index (χ1n) is 8.85. The van der Waals surface area contributed by atoms with Crippen molar-refractivity contribution in [2.45, 2.75) is 9.79 Å². The van der Waals surface area contributed by atoms with Crippen molar-refractivity contribution in [2.75, 3.05) is 32.8 Å². The smallest absolute Gasteiger partial charge is 0.283 e. The molecule has 1 fully saturated rings. The molecule has 1 N–H and O–H groups in total. The van der Waals surface area contributed by atoms with E-state index in [1.165, 1.54) is 24.0 Å². The fourth-order valence-corrected chi connectivity index (χ4v) is 3.68. The Labute approximate surface area is 177 Å². The van der Waals surface area contributed by atoms with Crippen LogP contribution in [0, 0.1) is 10.1 Å². The van der Waals surface area contributed by atoms with Crippen molar-refractivity contribution >= 4 is 41.2 Å². The molecular weight excluding hydrogens is 416 g/mol. The van der Waals surface area contributed by atoms with Gasteiger partial charge in [-0.3, -0.25) is 19.8 Å². The maximum atomic E-state index is 11.9. The molecule has 0 atom stereocenters. The highest BCUT2D eigenvalue weighted by atomic mass is 35.5. The van der Waals surface area contributed by atoms with Crippen molar-refractivity contribution in [3.8, 4) is 0 Å². The zero-order valence-corrected chi connectivity index (χ0v) is 17.0. The number of hydrazone groups is 1. The van der Waals surface area contributed by atoms with E-state index in [0.29, 0.717) is 41.8 Å². The third-order valence-electron chi connectivity index (χ3n) is 4.09. The number of hydrogen-bond donors (Lipinski definition) is 1. The quantitative estimate of drug-likeness (QED) is 0.408. The molecule has 29 heavy (non-hydrogen) atoms. The van der Waals surface area contributed by atoms with Gasteiger partial charge >= 0.3 is 0 Å². The molecule has 0 bridgehead atoms. The maximum Gasteiger partial charge on any atom is 0.283 e. The minimum Gasteiger partial charge on any atom is -0.379 e. The van der Waals surface area contributed by atoms with Crippen LogP contribution in [-0.2, 0) is 9.53 Å². The van der Waals surface area contributed by atoms with E-state index in [4.69, 9.17) is 16.3 Å². The van der Waals surface area contributed by atoms with Gasteiger partial charge < -0.3 is 4.74 Å². The second kappa shape index (κ2) is 10.4. The second-order valence-electron chi connectivity index (χ2n) is 6.22. The van der Waals surface area contributed by atoms with Gasteiger partial charge in [-0.1, -0.05) is 29.4 Å². The number of benzene rings is 2. The van der Waals surface area contributed by atoms with Crippen molar-refractivity contribution in [2.24, 2.45) is 5.10 Å². The van der Waals surface area contributed by atoms with E-state index in [1.807, 2.05) is 4.90 Å². The van der Waals surface area contributed by atoms with Gasteiger partial charge in [0.25, 0.3) is 11.6 Å². The van der Waals surface area contributed by atoms with E-state index < -0.39 is 4.92 Å². The predicted octanol–water partition coefficient (Wildman–Crippen LogP) is 3.18. The number of hydrogen-bond acceptors (Lipinski definition) is 7. The Morgan fingerprint density at radius 1 is 1.28 bits per heavy atom. The molecule has 0 aliphatic carbocycles. The lowest BCUT2D eigenvalue weighted by Gasteiger charge is -2.25. The number of amides is 1. The molecule has 3 rings (SSSR count). The number of ether oxygens (including phenoxy) is 1. The Balaban J connectivity index is 1.62. The number of carbonyl (C=O) groups excluding carboxylic acids is 1. The highest BCUT2D eigenvalue weighted by molar-refractivity contribution is 7.99. The van der Waals surface area contributed by atoms with Gasteiger partial charge in [-0.25, -0.2) is 5.43 Å². The summed E-state index contributed by atoms with van der Waals surface area (Å²) in [6.45, 7) is 2.87. The van der Waals surface area contributed by atoms with Crippen molar-refractivity contribution in [3.05, 3.63) is 63.2 Å².